The van der Waals surface area contributed by atoms with Crippen molar-refractivity contribution in [2.45, 2.75) is 12.5 Å². The topological polar surface area (TPSA) is 58.5 Å². The fourth-order valence-corrected chi connectivity index (χ4v) is 2.91. The lowest BCUT2D eigenvalue weighted by Gasteiger charge is -2.12. The molecule has 0 aliphatic heterocycles. The summed E-state index contributed by atoms with van der Waals surface area (Å²) in [5.41, 5.74) is 2.36. The van der Waals surface area contributed by atoms with E-state index in [0.717, 1.165) is 16.9 Å². The fraction of sp³-hybridized carbons (Fsp3) is 0.143. The summed E-state index contributed by atoms with van der Waals surface area (Å²) in [6.45, 7) is 0.420. The zero-order chi connectivity index (χ0) is 18.4. The Bertz CT molecular complexity index is 942. The van der Waals surface area contributed by atoms with Gasteiger partial charge in [0.25, 0.3) is 0 Å². The lowest BCUT2D eigenvalue weighted by atomic mass is 9.92. The third-order valence-corrected chi connectivity index (χ3v) is 4.19. The van der Waals surface area contributed by atoms with Crippen LogP contribution < -0.4 is 0 Å². The standard InChI is InChI=1S/C21H17ClN2O2/c1-25-14-18-9-8-17(26-18)13-24-16-7-10-19(21(22)11-16)20(12-23)15-5-3-2-4-6-15/h2-11,13,20H,14H2,1H3. The molecule has 130 valence electrons. The largest absolute Gasteiger partial charge is 0.458 e. The third kappa shape index (κ3) is 4.20. The number of hydrogen-bond acceptors (Lipinski definition) is 4. The molecule has 0 N–H and O–H groups in total. The second kappa shape index (κ2) is 8.48. The van der Waals surface area contributed by atoms with Crippen molar-refractivity contribution in [2.24, 2.45) is 4.99 Å². The lowest BCUT2D eigenvalue weighted by Crippen LogP contribution is -1.98. The number of halogens is 1. The van der Waals surface area contributed by atoms with Gasteiger partial charge in [0.05, 0.1) is 23.9 Å². The van der Waals surface area contributed by atoms with Gasteiger partial charge in [0.15, 0.2) is 0 Å². The van der Waals surface area contributed by atoms with E-state index in [1.807, 2.05) is 54.6 Å². The Morgan fingerprint density at radius 3 is 2.69 bits per heavy atom. The molecule has 0 amide bonds. The van der Waals surface area contributed by atoms with Gasteiger partial charge in [-0.3, -0.25) is 4.99 Å². The molecule has 5 heteroatoms. The summed E-state index contributed by atoms with van der Waals surface area (Å²) in [5.74, 6) is 0.960. The van der Waals surface area contributed by atoms with Crippen LogP contribution in [0.15, 0.2) is 70.1 Å². The van der Waals surface area contributed by atoms with E-state index in [1.165, 1.54) is 0 Å². The zero-order valence-corrected chi connectivity index (χ0v) is 15.0. The summed E-state index contributed by atoms with van der Waals surface area (Å²) in [4.78, 5) is 4.38. The number of nitriles is 1. The van der Waals surface area contributed by atoms with E-state index >= 15 is 0 Å². The third-order valence-electron chi connectivity index (χ3n) is 3.87. The molecule has 1 atom stereocenters. The highest BCUT2D eigenvalue weighted by molar-refractivity contribution is 6.31. The first kappa shape index (κ1) is 17.9. The molecular formula is C21H17ClN2O2. The number of methoxy groups -OCH3 is 1. The first-order chi connectivity index (χ1) is 12.7. The van der Waals surface area contributed by atoms with Crippen molar-refractivity contribution in [2.75, 3.05) is 7.11 Å². The van der Waals surface area contributed by atoms with E-state index in [0.29, 0.717) is 23.1 Å². The first-order valence-electron chi connectivity index (χ1n) is 8.07. The Morgan fingerprint density at radius 1 is 1.19 bits per heavy atom. The number of aliphatic imine (C=N–C) groups is 1. The smallest absolute Gasteiger partial charge is 0.145 e. The molecule has 0 spiro atoms. The maximum absolute atomic E-state index is 9.56. The minimum Gasteiger partial charge on any atom is -0.458 e. The molecule has 0 fully saturated rings. The normalized spacial score (nSPS) is 12.2. The van der Waals surface area contributed by atoms with Crippen LogP contribution in [0.1, 0.15) is 28.6 Å². The predicted molar refractivity (Wildman–Crippen MR) is 102 cm³/mol. The molecule has 0 saturated carbocycles. The number of ether oxygens (including phenoxy) is 1. The van der Waals surface area contributed by atoms with Crippen molar-refractivity contribution >= 4 is 23.5 Å². The highest BCUT2D eigenvalue weighted by Crippen LogP contribution is 2.32. The predicted octanol–water partition coefficient (Wildman–Crippen LogP) is 5.49. The minimum atomic E-state index is -0.414. The van der Waals surface area contributed by atoms with Gasteiger partial charge in [-0.05, 0) is 35.4 Å². The van der Waals surface area contributed by atoms with E-state index in [4.69, 9.17) is 20.8 Å². The molecule has 0 aliphatic rings. The van der Waals surface area contributed by atoms with Gasteiger partial charge in [0.2, 0.25) is 0 Å². The summed E-state index contributed by atoms with van der Waals surface area (Å²) < 4.78 is 10.6. The Morgan fingerprint density at radius 2 is 2.00 bits per heavy atom. The van der Waals surface area contributed by atoms with Gasteiger partial charge in [-0.25, -0.2) is 0 Å². The number of furan rings is 1. The van der Waals surface area contributed by atoms with Gasteiger partial charge in [-0.15, -0.1) is 0 Å². The van der Waals surface area contributed by atoms with Crippen LogP contribution in [0, 0.1) is 11.3 Å². The highest BCUT2D eigenvalue weighted by Gasteiger charge is 2.16. The molecule has 0 aliphatic carbocycles. The minimum absolute atomic E-state index is 0.414. The monoisotopic (exact) mass is 364 g/mol. The fourth-order valence-electron chi connectivity index (χ4n) is 2.62. The molecular weight excluding hydrogens is 348 g/mol. The molecule has 26 heavy (non-hydrogen) atoms. The van der Waals surface area contributed by atoms with Gasteiger partial charge in [-0.2, -0.15) is 5.26 Å². The molecule has 0 saturated heterocycles. The van der Waals surface area contributed by atoms with Gasteiger partial charge in [-0.1, -0.05) is 48.0 Å². The van der Waals surface area contributed by atoms with Crippen LogP contribution >= 0.6 is 11.6 Å². The average molecular weight is 365 g/mol. The van der Waals surface area contributed by atoms with Crippen LogP contribution in [0.4, 0.5) is 5.69 Å². The van der Waals surface area contributed by atoms with E-state index in [1.54, 1.807) is 19.4 Å². The van der Waals surface area contributed by atoms with Crippen molar-refractivity contribution in [1.82, 2.24) is 0 Å². The lowest BCUT2D eigenvalue weighted by molar-refractivity contribution is 0.164. The molecule has 0 bridgehead atoms. The summed E-state index contributed by atoms with van der Waals surface area (Å²) >= 11 is 6.41. The summed E-state index contributed by atoms with van der Waals surface area (Å²) in [6, 6.07) is 21.0. The Balaban J connectivity index is 1.80. The van der Waals surface area contributed by atoms with E-state index < -0.39 is 5.92 Å². The number of hydrogen-bond donors (Lipinski definition) is 0. The Hall–Kier alpha value is -2.87. The molecule has 1 unspecified atom stereocenters. The van der Waals surface area contributed by atoms with Gasteiger partial charge < -0.3 is 9.15 Å². The van der Waals surface area contributed by atoms with Crippen molar-refractivity contribution in [3.63, 3.8) is 0 Å². The van der Waals surface area contributed by atoms with Crippen LogP contribution in [-0.4, -0.2) is 13.3 Å². The molecule has 1 aromatic heterocycles. The van der Waals surface area contributed by atoms with E-state index in [-0.39, 0.29) is 0 Å². The molecule has 4 nitrogen and oxygen atoms in total. The number of nitrogens with zero attached hydrogens (tertiary/aromatic N) is 2. The van der Waals surface area contributed by atoms with Crippen LogP contribution in [0.25, 0.3) is 0 Å². The van der Waals surface area contributed by atoms with Gasteiger partial charge >= 0.3 is 0 Å². The van der Waals surface area contributed by atoms with Crippen LogP contribution in [0.2, 0.25) is 5.02 Å². The van der Waals surface area contributed by atoms with Crippen molar-refractivity contribution in [3.8, 4) is 6.07 Å². The summed E-state index contributed by atoms with van der Waals surface area (Å²) in [7, 11) is 1.61. The van der Waals surface area contributed by atoms with Crippen LogP contribution in [0.3, 0.4) is 0 Å². The second-order valence-corrected chi connectivity index (χ2v) is 6.08. The van der Waals surface area contributed by atoms with Crippen molar-refractivity contribution in [3.05, 3.63) is 88.3 Å². The summed E-state index contributed by atoms with van der Waals surface area (Å²) in [5, 5.41) is 10.1. The Labute approximate surface area is 157 Å². The molecule has 3 aromatic rings. The molecule has 2 aromatic carbocycles. The Kier molecular flexibility index (Phi) is 5.85. The molecule has 0 radical (unpaired) electrons. The molecule has 1 heterocycles. The highest BCUT2D eigenvalue weighted by atomic mass is 35.5. The van der Waals surface area contributed by atoms with Crippen molar-refractivity contribution in [1.29, 1.82) is 5.26 Å². The summed E-state index contributed by atoms with van der Waals surface area (Å²) in [6.07, 6.45) is 1.63. The molecule has 3 rings (SSSR count). The van der Waals surface area contributed by atoms with Gasteiger partial charge in [0.1, 0.15) is 18.1 Å². The maximum atomic E-state index is 9.56. The van der Waals surface area contributed by atoms with Crippen LogP contribution in [0.5, 0.6) is 0 Å². The van der Waals surface area contributed by atoms with Crippen LogP contribution in [-0.2, 0) is 11.3 Å². The maximum Gasteiger partial charge on any atom is 0.145 e. The van der Waals surface area contributed by atoms with E-state index in [2.05, 4.69) is 11.1 Å². The zero-order valence-electron chi connectivity index (χ0n) is 14.2. The number of rotatable bonds is 6. The van der Waals surface area contributed by atoms with Crippen molar-refractivity contribution < 1.29 is 9.15 Å². The second-order valence-electron chi connectivity index (χ2n) is 5.67. The SMILES string of the molecule is COCc1ccc(C=Nc2ccc(C(C#N)c3ccccc3)c(Cl)c2)o1. The average Bonchev–Trinajstić information content (AvgIpc) is 3.11. The number of benzene rings is 2. The first-order valence-corrected chi connectivity index (χ1v) is 8.45. The van der Waals surface area contributed by atoms with Gasteiger partial charge in [0, 0.05) is 12.1 Å². The quantitative estimate of drug-likeness (QED) is 0.544. The van der Waals surface area contributed by atoms with E-state index in [9.17, 15) is 5.26 Å².